The first kappa shape index (κ1) is 14.4. The number of benzene rings is 1. The van der Waals surface area contributed by atoms with E-state index in [-0.39, 0.29) is 17.7 Å². The summed E-state index contributed by atoms with van der Waals surface area (Å²) in [6.07, 6.45) is -1.44. The van der Waals surface area contributed by atoms with Gasteiger partial charge in [0.2, 0.25) is 0 Å². The molecular weight excluding hydrogens is 245 g/mol. The van der Waals surface area contributed by atoms with Crippen LogP contribution < -0.4 is 5.73 Å². The van der Waals surface area contributed by atoms with Crippen LogP contribution in [0.15, 0.2) is 18.2 Å². The summed E-state index contributed by atoms with van der Waals surface area (Å²) < 4.78 is 18.9. The lowest BCUT2D eigenvalue weighted by Gasteiger charge is -2.23. The molecule has 0 heterocycles. The van der Waals surface area contributed by atoms with Gasteiger partial charge in [-0.05, 0) is 31.5 Å². The maximum absolute atomic E-state index is 13.3. The number of aliphatic hydroxyl groups is 1. The topological polar surface area (TPSA) is 55.5 Å². The molecule has 0 amide bonds. The van der Waals surface area contributed by atoms with Crippen LogP contribution in [-0.4, -0.2) is 23.9 Å². The van der Waals surface area contributed by atoms with E-state index in [1.165, 1.54) is 12.1 Å². The highest BCUT2D eigenvalue weighted by molar-refractivity contribution is 6.30. The fourth-order valence-corrected chi connectivity index (χ4v) is 1.47. The standard InChI is InChI=1S/C12H17ClFNO2/c1-7(16)8(2)17-12(6-15)9-3-4-10(13)11(14)5-9/h3-5,7-8,12,16H,6,15H2,1-2H3. The average Bonchev–Trinajstić information content (AvgIpc) is 2.29. The van der Waals surface area contributed by atoms with Crippen LogP contribution in [0.4, 0.5) is 4.39 Å². The second-order valence-electron chi connectivity index (χ2n) is 3.98. The van der Waals surface area contributed by atoms with Crippen molar-refractivity contribution in [3.63, 3.8) is 0 Å². The summed E-state index contributed by atoms with van der Waals surface area (Å²) in [4.78, 5) is 0. The third-order valence-corrected chi connectivity index (χ3v) is 2.89. The van der Waals surface area contributed by atoms with Gasteiger partial charge in [-0.15, -0.1) is 0 Å². The van der Waals surface area contributed by atoms with Gasteiger partial charge in [0.15, 0.2) is 0 Å². The van der Waals surface area contributed by atoms with Crippen molar-refractivity contribution in [2.24, 2.45) is 5.73 Å². The minimum Gasteiger partial charge on any atom is -0.391 e. The number of hydrogen-bond donors (Lipinski definition) is 2. The van der Waals surface area contributed by atoms with E-state index in [1.807, 2.05) is 0 Å². The fraction of sp³-hybridized carbons (Fsp3) is 0.500. The zero-order chi connectivity index (χ0) is 13.0. The summed E-state index contributed by atoms with van der Waals surface area (Å²) in [7, 11) is 0. The zero-order valence-corrected chi connectivity index (χ0v) is 10.6. The highest BCUT2D eigenvalue weighted by Crippen LogP contribution is 2.23. The number of aliphatic hydroxyl groups excluding tert-OH is 1. The first-order valence-corrected chi connectivity index (χ1v) is 5.82. The molecule has 0 bridgehead atoms. The number of ether oxygens (including phenoxy) is 1. The Balaban J connectivity index is 2.82. The van der Waals surface area contributed by atoms with Crippen molar-refractivity contribution in [1.82, 2.24) is 0 Å². The molecule has 3 atom stereocenters. The van der Waals surface area contributed by atoms with Crippen LogP contribution >= 0.6 is 11.6 Å². The van der Waals surface area contributed by atoms with Crippen LogP contribution in [0.2, 0.25) is 5.02 Å². The zero-order valence-electron chi connectivity index (χ0n) is 9.86. The third-order valence-electron chi connectivity index (χ3n) is 2.59. The highest BCUT2D eigenvalue weighted by Gasteiger charge is 2.18. The monoisotopic (exact) mass is 261 g/mol. The Hall–Kier alpha value is -0.680. The normalized spacial score (nSPS) is 16.6. The average molecular weight is 262 g/mol. The summed E-state index contributed by atoms with van der Waals surface area (Å²) in [5.74, 6) is -0.504. The SMILES string of the molecule is CC(O)C(C)OC(CN)c1ccc(Cl)c(F)c1. The molecule has 3 unspecified atom stereocenters. The largest absolute Gasteiger partial charge is 0.391 e. The summed E-state index contributed by atoms with van der Waals surface area (Å²) in [5.41, 5.74) is 6.19. The fourth-order valence-electron chi connectivity index (χ4n) is 1.36. The van der Waals surface area contributed by atoms with Gasteiger partial charge in [0, 0.05) is 6.54 Å². The molecule has 0 spiro atoms. The van der Waals surface area contributed by atoms with Crippen molar-refractivity contribution < 1.29 is 14.2 Å². The lowest BCUT2D eigenvalue weighted by Crippen LogP contribution is -2.28. The number of halogens is 2. The van der Waals surface area contributed by atoms with Gasteiger partial charge < -0.3 is 15.6 Å². The van der Waals surface area contributed by atoms with Gasteiger partial charge in [-0.2, -0.15) is 0 Å². The lowest BCUT2D eigenvalue weighted by molar-refractivity contribution is -0.0592. The van der Waals surface area contributed by atoms with E-state index in [0.717, 1.165) is 0 Å². The maximum Gasteiger partial charge on any atom is 0.142 e. The Labute approximate surface area is 105 Å². The van der Waals surface area contributed by atoms with Gasteiger partial charge in [-0.25, -0.2) is 4.39 Å². The van der Waals surface area contributed by atoms with E-state index in [2.05, 4.69) is 0 Å². The molecule has 3 N–H and O–H groups in total. The molecule has 0 aliphatic carbocycles. The van der Waals surface area contributed by atoms with E-state index in [9.17, 15) is 9.50 Å². The van der Waals surface area contributed by atoms with Crippen LogP contribution in [0.25, 0.3) is 0 Å². The number of rotatable bonds is 5. The molecule has 1 rings (SSSR count). The van der Waals surface area contributed by atoms with Crippen molar-refractivity contribution in [3.8, 4) is 0 Å². The molecule has 0 saturated heterocycles. The second-order valence-corrected chi connectivity index (χ2v) is 4.39. The molecule has 0 aliphatic rings. The lowest BCUT2D eigenvalue weighted by atomic mass is 10.1. The Kier molecular flexibility index (Phi) is 5.33. The van der Waals surface area contributed by atoms with Crippen molar-refractivity contribution in [2.45, 2.75) is 32.2 Å². The number of nitrogens with two attached hydrogens (primary N) is 1. The van der Waals surface area contributed by atoms with Crippen LogP contribution in [0.1, 0.15) is 25.5 Å². The van der Waals surface area contributed by atoms with Gasteiger partial charge in [-0.1, -0.05) is 17.7 Å². The molecule has 0 fully saturated rings. The van der Waals surface area contributed by atoms with E-state index >= 15 is 0 Å². The van der Waals surface area contributed by atoms with E-state index in [4.69, 9.17) is 22.1 Å². The molecule has 0 radical (unpaired) electrons. The quantitative estimate of drug-likeness (QED) is 0.855. The summed E-state index contributed by atoms with van der Waals surface area (Å²) >= 11 is 5.60. The second kappa shape index (κ2) is 6.31. The number of hydrogen-bond acceptors (Lipinski definition) is 3. The summed E-state index contributed by atoms with van der Waals surface area (Å²) in [5, 5.41) is 9.41. The Morgan fingerprint density at radius 3 is 2.59 bits per heavy atom. The molecule has 96 valence electrons. The minimum atomic E-state index is -0.610. The summed E-state index contributed by atoms with van der Waals surface area (Å²) in [6.45, 7) is 3.57. The molecule has 0 aliphatic heterocycles. The predicted octanol–water partition coefficient (Wildman–Crippen LogP) is 2.26. The third kappa shape index (κ3) is 3.92. The van der Waals surface area contributed by atoms with Crippen molar-refractivity contribution in [3.05, 3.63) is 34.6 Å². The van der Waals surface area contributed by atoms with Gasteiger partial charge >= 0.3 is 0 Å². The summed E-state index contributed by atoms with van der Waals surface area (Å²) in [6, 6.07) is 4.43. The first-order chi connectivity index (χ1) is 7.95. The molecule has 0 saturated carbocycles. The van der Waals surface area contributed by atoms with Gasteiger partial charge in [0.25, 0.3) is 0 Å². The molecule has 1 aromatic rings. The van der Waals surface area contributed by atoms with Gasteiger partial charge in [-0.3, -0.25) is 0 Å². The first-order valence-electron chi connectivity index (χ1n) is 5.44. The molecule has 17 heavy (non-hydrogen) atoms. The molecule has 0 aromatic heterocycles. The van der Waals surface area contributed by atoms with E-state index in [0.29, 0.717) is 5.56 Å². The minimum absolute atomic E-state index is 0.0631. The van der Waals surface area contributed by atoms with Crippen LogP contribution in [-0.2, 0) is 4.74 Å². The highest BCUT2D eigenvalue weighted by atomic mass is 35.5. The maximum atomic E-state index is 13.3. The molecule has 5 heteroatoms. The Bertz CT molecular complexity index is 374. The van der Waals surface area contributed by atoms with Crippen LogP contribution in [0.5, 0.6) is 0 Å². The molecular formula is C12H17ClFNO2. The van der Waals surface area contributed by atoms with E-state index < -0.39 is 18.0 Å². The van der Waals surface area contributed by atoms with Crippen LogP contribution in [0.3, 0.4) is 0 Å². The van der Waals surface area contributed by atoms with E-state index in [1.54, 1.807) is 19.9 Å². The van der Waals surface area contributed by atoms with Crippen molar-refractivity contribution >= 4 is 11.6 Å². The van der Waals surface area contributed by atoms with Crippen molar-refractivity contribution in [1.29, 1.82) is 0 Å². The molecule has 3 nitrogen and oxygen atoms in total. The smallest absolute Gasteiger partial charge is 0.142 e. The van der Waals surface area contributed by atoms with Crippen molar-refractivity contribution in [2.75, 3.05) is 6.54 Å². The Morgan fingerprint density at radius 1 is 1.47 bits per heavy atom. The predicted molar refractivity (Wildman–Crippen MR) is 65.4 cm³/mol. The van der Waals surface area contributed by atoms with Gasteiger partial charge in [0.1, 0.15) is 5.82 Å². The van der Waals surface area contributed by atoms with Gasteiger partial charge in [0.05, 0.1) is 23.3 Å². The Morgan fingerprint density at radius 2 is 2.12 bits per heavy atom. The molecule has 1 aromatic carbocycles. The van der Waals surface area contributed by atoms with Crippen LogP contribution in [0, 0.1) is 5.82 Å².